The lowest BCUT2D eigenvalue weighted by Gasteiger charge is -2.32. The van der Waals surface area contributed by atoms with E-state index >= 15 is 0 Å². The van der Waals surface area contributed by atoms with Gasteiger partial charge in [-0.1, -0.05) is 18.0 Å². The molecule has 0 saturated carbocycles. The maximum absolute atomic E-state index is 10.8. The van der Waals surface area contributed by atoms with Crippen LogP contribution in [0.2, 0.25) is 5.02 Å². The van der Waals surface area contributed by atoms with Crippen LogP contribution in [-0.2, 0) is 0 Å². The van der Waals surface area contributed by atoms with Gasteiger partial charge >= 0.3 is 0 Å². The van der Waals surface area contributed by atoms with Gasteiger partial charge < -0.3 is 4.90 Å². The molecule has 2 aliphatic heterocycles. The highest BCUT2D eigenvalue weighted by Gasteiger charge is 2.29. The Morgan fingerprint density at radius 3 is 2.65 bits per heavy atom. The Bertz CT molecular complexity index is 485. The number of benzene rings is 1. The van der Waals surface area contributed by atoms with Crippen LogP contribution in [0.1, 0.15) is 36.0 Å². The van der Waals surface area contributed by atoms with Gasteiger partial charge in [0.1, 0.15) is 6.29 Å². The Morgan fingerprint density at radius 2 is 1.95 bits per heavy atom. The molecule has 0 aliphatic carbocycles. The normalized spacial score (nSPS) is 24.1. The van der Waals surface area contributed by atoms with Crippen molar-refractivity contribution < 1.29 is 4.79 Å². The molecule has 0 amide bonds. The maximum Gasteiger partial charge on any atom is 0.150 e. The summed E-state index contributed by atoms with van der Waals surface area (Å²) in [6, 6.07) is 6.25. The molecule has 20 heavy (non-hydrogen) atoms. The molecule has 1 atom stereocenters. The topological polar surface area (TPSA) is 23.6 Å². The average molecular weight is 293 g/mol. The van der Waals surface area contributed by atoms with Crippen molar-refractivity contribution in [3.63, 3.8) is 0 Å². The lowest BCUT2D eigenvalue weighted by Crippen LogP contribution is -2.40. The lowest BCUT2D eigenvalue weighted by molar-refractivity contribution is 0.112. The van der Waals surface area contributed by atoms with E-state index in [0.29, 0.717) is 16.6 Å². The predicted molar refractivity (Wildman–Crippen MR) is 82.9 cm³/mol. The van der Waals surface area contributed by atoms with Gasteiger partial charge in [0, 0.05) is 24.7 Å². The molecule has 0 spiro atoms. The van der Waals surface area contributed by atoms with Crippen LogP contribution in [0.5, 0.6) is 0 Å². The van der Waals surface area contributed by atoms with Crippen molar-refractivity contribution in [1.82, 2.24) is 4.90 Å². The minimum atomic E-state index is 0.644. The van der Waals surface area contributed by atoms with Crippen LogP contribution >= 0.6 is 11.6 Å². The number of anilines is 1. The van der Waals surface area contributed by atoms with Gasteiger partial charge in [-0.3, -0.25) is 9.69 Å². The summed E-state index contributed by atoms with van der Waals surface area (Å²) in [4.78, 5) is 15.8. The first kappa shape index (κ1) is 13.9. The van der Waals surface area contributed by atoms with Crippen LogP contribution in [0.3, 0.4) is 0 Å². The number of nitrogens with zero attached hydrogens (tertiary/aromatic N) is 2. The third-order valence-electron chi connectivity index (χ3n) is 4.52. The van der Waals surface area contributed by atoms with Crippen molar-refractivity contribution >= 4 is 23.6 Å². The van der Waals surface area contributed by atoms with E-state index in [0.717, 1.165) is 25.1 Å². The van der Waals surface area contributed by atoms with Gasteiger partial charge in [0.15, 0.2) is 0 Å². The van der Waals surface area contributed by atoms with Gasteiger partial charge in [0.25, 0.3) is 0 Å². The lowest BCUT2D eigenvalue weighted by atomic mass is 10.1. The van der Waals surface area contributed by atoms with Crippen molar-refractivity contribution in [2.45, 2.75) is 31.7 Å². The number of halogens is 1. The fraction of sp³-hybridized carbons (Fsp3) is 0.562. The van der Waals surface area contributed by atoms with Crippen molar-refractivity contribution in [3.05, 3.63) is 28.8 Å². The Labute approximate surface area is 125 Å². The van der Waals surface area contributed by atoms with E-state index in [2.05, 4.69) is 9.80 Å². The summed E-state index contributed by atoms with van der Waals surface area (Å²) in [7, 11) is 0. The molecule has 2 aliphatic rings. The fourth-order valence-electron chi connectivity index (χ4n) is 3.40. The molecule has 2 heterocycles. The summed E-state index contributed by atoms with van der Waals surface area (Å²) in [5.41, 5.74) is 1.71. The Morgan fingerprint density at radius 1 is 1.15 bits per heavy atom. The van der Waals surface area contributed by atoms with Gasteiger partial charge in [-0.2, -0.15) is 0 Å². The number of likely N-dealkylation sites (tertiary alicyclic amines) is 1. The standard InChI is InChI=1S/C16H21ClN2O/c17-15-10-13(12-20)4-5-16(15)19-9-6-14(11-19)18-7-2-1-3-8-18/h4-5,10,12,14H,1-3,6-9,11H2. The quantitative estimate of drug-likeness (QED) is 0.799. The smallest absolute Gasteiger partial charge is 0.150 e. The molecule has 0 N–H and O–H groups in total. The summed E-state index contributed by atoms with van der Waals surface area (Å²) >= 11 is 6.31. The molecule has 1 unspecified atom stereocenters. The van der Waals surface area contributed by atoms with Crippen LogP contribution in [0.4, 0.5) is 5.69 Å². The first-order valence-electron chi connectivity index (χ1n) is 7.51. The number of hydrogen-bond acceptors (Lipinski definition) is 3. The molecule has 0 aromatic heterocycles. The largest absolute Gasteiger partial charge is 0.369 e. The van der Waals surface area contributed by atoms with E-state index < -0.39 is 0 Å². The molecule has 1 aromatic rings. The monoisotopic (exact) mass is 292 g/mol. The van der Waals surface area contributed by atoms with E-state index in [1.54, 1.807) is 6.07 Å². The van der Waals surface area contributed by atoms with Gasteiger partial charge in [-0.25, -0.2) is 0 Å². The molecular weight excluding hydrogens is 272 g/mol. The second-order valence-corrected chi connectivity index (χ2v) is 6.22. The van der Waals surface area contributed by atoms with E-state index in [4.69, 9.17) is 11.6 Å². The summed E-state index contributed by atoms with van der Waals surface area (Å²) in [6.07, 6.45) is 6.12. The third-order valence-corrected chi connectivity index (χ3v) is 4.82. The predicted octanol–water partition coefficient (Wildman–Crippen LogP) is 3.22. The Hall–Kier alpha value is -1.06. The van der Waals surface area contributed by atoms with Crippen LogP contribution in [-0.4, -0.2) is 43.4 Å². The minimum Gasteiger partial charge on any atom is -0.369 e. The van der Waals surface area contributed by atoms with Crippen molar-refractivity contribution in [2.24, 2.45) is 0 Å². The molecule has 0 bridgehead atoms. The number of carbonyl (C=O) groups is 1. The maximum atomic E-state index is 10.8. The van der Waals surface area contributed by atoms with Gasteiger partial charge in [-0.15, -0.1) is 0 Å². The van der Waals surface area contributed by atoms with E-state index in [-0.39, 0.29) is 0 Å². The number of hydrogen-bond donors (Lipinski definition) is 0. The molecule has 108 valence electrons. The van der Waals surface area contributed by atoms with Crippen LogP contribution in [0.25, 0.3) is 0 Å². The summed E-state index contributed by atoms with van der Waals surface area (Å²) < 4.78 is 0. The van der Waals surface area contributed by atoms with Crippen LogP contribution < -0.4 is 4.90 Å². The van der Waals surface area contributed by atoms with Crippen molar-refractivity contribution in [1.29, 1.82) is 0 Å². The van der Waals surface area contributed by atoms with Crippen LogP contribution in [0, 0.1) is 0 Å². The molecule has 2 fully saturated rings. The number of rotatable bonds is 3. The molecule has 1 aromatic carbocycles. The van der Waals surface area contributed by atoms with E-state index in [9.17, 15) is 4.79 Å². The second-order valence-electron chi connectivity index (χ2n) is 5.81. The highest BCUT2D eigenvalue weighted by Crippen LogP contribution is 2.31. The first-order chi connectivity index (χ1) is 9.78. The zero-order valence-electron chi connectivity index (χ0n) is 11.7. The van der Waals surface area contributed by atoms with E-state index in [1.807, 2.05) is 12.1 Å². The summed E-state index contributed by atoms with van der Waals surface area (Å²) in [6.45, 7) is 4.61. The minimum absolute atomic E-state index is 0.644. The molecule has 3 rings (SSSR count). The van der Waals surface area contributed by atoms with Crippen molar-refractivity contribution in [3.8, 4) is 0 Å². The Balaban J connectivity index is 1.68. The summed E-state index contributed by atoms with van der Waals surface area (Å²) in [5, 5.41) is 0.689. The highest BCUT2D eigenvalue weighted by atomic mass is 35.5. The zero-order valence-corrected chi connectivity index (χ0v) is 12.5. The van der Waals surface area contributed by atoms with Gasteiger partial charge in [-0.05, 0) is 50.6 Å². The zero-order chi connectivity index (χ0) is 13.9. The first-order valence-corrected chi connectivity index (χ1v) is 7.89. The van der Waals surface area contributed by atoms with Crippen molar-refractivity contribution in [2.75, 3.05) is 31.1 Å². The number of aldehydes is 1. The molecule has 3 nitrogen and oxygen atoms in total. The van der Waals surface area contributed by atoms with E-state index in [1.165, 1.54) is 38.8 Å². The molecule has 2 saturated heterocycles. The SMILES string of the molecule is O=Cc1ccc(N2CCC(N3CCCCC3)C2)c(Cl)c1. The molecule has 4 heteroatoms. The van der Waals surface area contributed by atoms with Gasteiger partial charge in [0.2, 0.25) is 0 Å². The third kappa shape index (κ3) is 2.84. The Kier molecular flexibility index (Phi) is 4.27. The number of piperidine rings is 1. The molecule has 0 radical (unpaired) electrons. The number of carbonyl (C=O) groups excluding carboxylic acids is 1. The average Bonchev–Trinajstić information content (AvgIpc) is 2.97. The summed E-state index contributed by atoms with van der Waals surface area (Å²) in [5.74, 6) is 0. The highest BCUT2D eigenvalue weighted by molar-refractivity contribution is 6.33. The fourth-order valence-corrected chi connectivity index (χ4v) is 3.70. The second kappa shape index (κ2) is 6.15. The van der Waals surface area contributed by atoms with Gasteiger partial charge in [0.05, 0.1) is 10.7 Å². The molecular formula is C16H21ClN2O. The van der Waals surface area contributed by atoms with Crippen LogP contribution in [0.15, 0.2) is 18.2 Å².